The van der Waals surface area contributed by atoms with E-state index in [1.807, 2.05) is 10.6 Å². The molecule has 4 rings (SSSR count). The lowest BCUT2D eigenvalue weighted by atomic mass is 10.2. The Balaban J connectivity index is 2.15. The smallest absolute Gasteiger partial charge is 0.262 e. The van der Waals surface area contributed by atoms with Gasteiger partial charge in [0.25, 0.3) is 5.56 Å². The zero-order valence-electron chi connectivity index (χ0n) is 11.3. The molecule has 6 heteroatoms. The minimum atomic E-state index is 0.0196. The van der Waals surface area contributed by atoms with Crippen molar-refractivity contribution < 1.29 is 0 Å². The summed E-state index contributed by atoms with van der Waals surface area (Å²) in [6.07, 6.45) is 4.07. The molecule has 0 saturated heterocycles. The quantitative estimate of drug-likeness (QED) is 0.643. The van der Waals surface area contributed by atoms with Gasteiger partial charge in [0.2, 0.25) is 0 Å². The lowest BCUT2D eigenvalue weighted by Gasteiger charge is -2.07. The first-order chi connectivity index (χ1) is 10.3. The summed E-state index contributed by atoms with van der Waals surface area (Å²) < 4.78 is 2.57. The molecule has 2 aromatic heterocycles. The predicted octanol–water partition coefficient (Wildman–Crippen LogP) is 3.74. The molecule has 21 heavy (non-hydrogen) atoms. The molecule has 1 aromatic carbocycles. The van der Waals surface area contributed by atoms with Crippen LogP contribution >= 0.6 is 11.3 Å². The lowest BCUT2D eigenvalue weighted by Crippen LogP contribution is -2.23. The zero-order chi connectivity index (χ0) is 14.4. The second-order valence-corrected chi connectivity index (χ2v) is 6.32. The van der Waals surface area contributed by atoms with Crippen molar-refractivity contribution in [3.8, 4) is 0 Å². The highest BCUT2D eigenvalue weighted by molar-refractivity contribution is 7.26. The Morgan fingerprint density at radius 1 is 1.24 bits per heavy atom. The van der Waals surface area contributed by atoms with E-state index in [2.05, 4.69) is 10.2 Å². The van der Waals surface area contributed by atoms with Crippen LogP contribution in [0.1, 0.15) is 25.1 Å². The fourth-order valence-corrected chi connectivity index (χ4v) is 4.16. The molecule has 0 amide bonds. The SMILES string of the molecule is O=Nc1cccc2c1sc1nc3n(c(=O)c12)CCCCC3. The number of benzene rings is 1. The lowest BCUT2D eigenvalue weighted by molar-refractivity contribution is 0.614. The standard InChI is InChI=1S/C15H13N3O2S/c19-15-12-9-5-4-6-10(17-20)13(9)21-14(12)16-11-7-2-1-3-8-18(11)15/h4-6H,1-3,7-8H2. The first kappa shape index (κ1) is 12.6. The van der Waals surface area contributed by atoms with E-state index >= 15 is 0 Å². The monoisotopic (exact) mass is 299 g/mol. The van der Waals surface area contributed by atoms with Gasteiger partial charge in [-0.3, -0.25) is 9.36 Å². The second kappa shape index (κ2) is 4.73. The Labute approximate surface area is 124 Å². The van der Waals surface area contributed by atoms with Crippen molar-refractivity contribution in [1.29, 1.82) is 0 Å². The van der Waals surface area contributed by atoms with E-state index in [1.54, 1.807) is 12.1 Å². The third-order valence-corrected chi connectivity index (χ3v) is 5.18. The molecule has 1 aliphatic heterocycles. The first-order valence-corrected chi connectivity index (χ1v) is 7.89. The number of aryl methyl sites for hydroxylation is 1. The van der Waals surface area contributed by atoms with Crippen LogP contribution in [0.5, 0.6) is 0 Å². The number of hydrogen-bond donors (Lipinski definition) is 0. The van der Waals surface area contributed by atoms with Gasteiger partial charge in [-0.1, -0.05) is 18.6 Å². The zero-order valence-corrected chi connectivity index (χ0v) is 12.2. The minimum Gasteiger partial charge on any atom is -0.296 e. The van der Waals surface area contributed by atoms with Gasteiger partial charge in [0.1, 0.15) is 16.3 Å². The molecule has 0 unspecified atom stereocenters. The maximum Gasteiger partial charge on any atom is 0.262 e. The van der Waals surface area contributed by atoms with Crippen molar-refractivity contribution in [1.82, 2.24) is 9.55 Å². The van der Waals surface area contributed by atoms with E-state index in [-0.39, 0.29) is 5.56 Å². The average molecular weight is 299 g/mol. The first-order valence-electron chi connectivity index (χ1n) is 7.08. The summed E-state index contributed by atoms with van der Waals surface area (Å²) in [7, 11) is 0. The highest BCUT2D eigenvalue weighted by Gasteiger charge is 2.18. The van der Waals surface area contributed by atoms with Crippen LogP contribution in [0, 0.1) is 4.91 Å². The molecule has 3 aromatic rings. The fraction of sp³-hybridized carbons (Fsp3) is 0.333. The van der Waals surface area contributed by atoms with Gasteiger partial charge < -0.3 is 0 Å². The molecule has 0 atom stereocenters. The third-order valence-electron chi connectivity index (χ3n) is 4.06. The predicted molar refractivity (Wildman–Crippen MR) is 84.4 cm³/mol. The van der Waals surface area contributed by atoms with Crippen LogP contribution in [0.3, 0.4) is 0 Å². The van der Waals surface area contributed by atoms with E-state index < -0.39 is 0 Å². The van der Waals surface area contributed by atoms with Crippen LogP contribution in [-0.4, -0.2) is 9.55 Å². The van der Waals surface area contributed by atoms with Crippen LogP contribution in [0.2, 0.25) is 0 Å². The van der Waals surface area contributed by atoms with Crippen molar-refractivity contribution in [3.63, 3.8) is 0 Å². The molecule has 1 aliphatic rings. The molecule has 0 spiro atoms. The largest absolute Gasteiger partial charge is 0.296 e. The van der Waals surface area contributed by atoms with Crippen LogP contribution < -0.4 is 5.56 Å². The van der Waals surface area contributed by atoms with Gasteiger partial charge in [-0.2, -0.15) is 0 Å². The Bertz CT molecular complexity index is 926. The molecule has 0 aliphatic carbocycles. The molecular weight excluding hydrogens is 286 g/mol. The van der Waals surface area contributed by atoms with Crippen molar-refractivity contribution >= 4 is 37.3 Å². The second-order valence-electron chi connectivity index (χ2n) is 5.32. The number of fused-ring (bicyclic) bond motifs is 4. The van der Waals surface area contributed by atoms with E-state index in [0.29, 0.717) is 11.1 Å². The number of thiophene rings is 1. The highest BCUT2D eigenvalue weighted by atomic mass is 32.1. The number of nitrogens with zero attached hydrogens (tertiary/aromatic N) is 3. The van der Waals surface area contributed by atoms with Crippen molar-refractivity contribution in [2.75, 3.05) is 0 Å². The van der Waals surface area contributed by atoms with E-state index in [0.717, 1.165) is 53.0 Å². The molecule has 3 heterocycles. The summed E-state index contributed by atoms with van der Waals surface area (Å²) >= 11 is 1.39. The van der Waals surface area contributed by atoms with Gasteiger partial charge in [0.15, 0.2) is 0 Å². The van der Waals surface area contributed by atoms with Crippen LogP contribution in [-0.2, 0) is 13.0 Å². The molecule has 0 fully saturated rings. The fourth-order valence-electron chi connectivity index (χ4n) is 3.03. The van der Waals surface area contributed by atoms with Crippen LogP contribution in [0.4, 0.5) is 5.69 Å². The number of rotatable bonds is 1. The van der Waals surface area contributed by atoms with Crippen LogP contribution in [0.25, 0.3) is 20.3 Å². The van der Waals surface area contributed by atoms with E-state index in [1.165, 1.54) is 11.3 Å². The molecule has 106 valence electrons. The number of aromatic nitrogens is 2. The van der Waals surface area contributed by atoms with E-state index in [4.69, 9.17) is 0 Å². The van der Waals surface area contributed by atoms with Gasteiger partial charge in [0, 0.05) is 18.4 Å². The van der Waals surface area contributed by atoms with Crippen LogP contribution in [0.15, 0.2) is 28.2 Å². The number of hydrogen-bond acceptors (Lipinski definition) is 5. The Morgan fingerprint density at radius 3 is 3.00 bits per heavy atom. The molecule has 5 nitrogen and oxygen atoms in total. The minimum absolute atomic E-state index is 0.0196. The summed E-state index contributed by atoms with van der Waals surface area (Å²) in [5.41, 5.74) is 0.404. The summed E-state index contributed by atoms with van der Waals surface area (Å²) in [6.45, 7) is 0.736. The summed E-state index contributed by atoms with van der Waals surface area (Å²) in [5, 5.41) is 4.49. The van der Waals surface area contributed by atoms with Crippen molar-refractivity contribution in [2.45, 2.75) is 32.2 Å². The van der Waals surface area contributed by atoms with Gasteiger partial charge >= 0.3 is 0 Å². The Kier molecular flexibility index (Phi) is 2.85. The summed E-state index contributed by atoms with van der Waals surface area (Å²) in [6, 6.07) is 5.31. The average Bonchev–Trinajstić information content (AvgIpc) is 2.70. The normalized spacial score (nSPS) is 15.0. The number of nitroso groups, excluding NO2 is 1. The maximum absolute atomic E-state index is 12.8. The maximum atomic E-state index is 12.8. The molecule has 0 radical (unpaired) electrons. The molecular formula is C15H13N3O2S. The Morgan fingerprint density at radius 2 is 2.14 bits per heavy atom. The Hall–Kier alpha value is -2.08. The van der Waals surface area contributed by atoms with Crippen molar-refractivity contribution in [3.05, 3.63) is 39.3 Å². The topological polar surface area (TPSA) is 64.3 Å². The third kappa shape index (κ3) is 1.82. The van der Waals surface area contributed by atoms with Crippen molar-refractivity contribution in [2.24, 2.45) is 5.18 Å². The van der Waals surface area contributed by atoms with Gasteiger partial charge in [0.05, 0.1) is 10.1 Å². The summed E-state index contributed by atoms with van der Waals surface area (Å²) in [5.74, 6) is 0.872. The molecule has 0 bridgehead atoms. The molecule has 0 N–H and O–H groups in total. The molecule has 0 saturated carbocycles. The van der Waals surface area contributed by atoms with Gasteiger partial charge in [-0.25, -0.2) is 4.98 Å². The van der Waals surface area contributed by atoms with E-state index in [9.17, 15) is 9.70 Å². The summed E-state index contributed by atoms with van der Waals surface area (Å²) in [4.78, 5) is 29.2. The highest BCUT2D eigenvalue weighted by Crippen LogP contribution is 2.37. The van der Waals surface area contributed by atoms with Gasteiger partial charge in [-0.05, 0) is 24.1 Å². The van der Waals surface area contributed by atoms with Gasteiger partial charge in [-0.15, -0.1) is 16.2 Å².